The summed E-state index contributed by atoms with van der Waals surface area (Å²) >= 11 is 5.20. The SMILES string of the molecule is CC(c1ccc(Br)s1)N1CCCC1CC(=O)O. The van der Waals surface area contributed by atoms with Crippen molar-refractivity contribution < 1.29 is 9.90 Å². The van der Waals surface area contributed by atoms with E-state index in [1.54, 1.807) is 11.3 Å². The number of hydrogen-bond donors (Lipinski definition) is 1. The van der Waals surface area contributed by atoms with Gasteiger partial charge in [-0.3, -0.25) is 9.69 Å². The van der Waals surface area contributed by atoms with Crippen LogP contribution in [-0.4, -0.2) is 28.6 Å². The molecule has 17 heavy (non-hydrogen) atoms. The minimum Gasteiger partial charge on any atom is -0.481 e. The molecule has 1 saturated heterocycles. The number of aliphatic carboxylic acids is 1. The van der Waals surface area contributed by atoms with Crippen molar-refractivity contribution in [1.82, 2.24) is 4.90 Å². The lowest BCUT2D eigenvalue weighted by Crippen LogP contribution is -2.33. The maximum Gasteiger partial charge on any atom is 0.304 e. The normalized spacial score (nSPS) is 22.8. The third-order valence-electron chi connectivity index (χ3n) is 3.34. The van der Waals surface area contributed by atoms with E-state index in [2.05, 4.69) is 39.9 Å². The van der Waals surface area contributed by atoms with Crippen molar-refractivity contribution in [2.75, 3.05) is 6.54 Å². The van der Waals surface area contributed by atoms with Crippen LogP contribution in [-0.2, 0) is 4.79 Å². The van der Waals surface area contributed by atoms with Gasteiger partial charge in [-0.25, -0.2) is 0 Å². The minimum atomic E-state index is -0.693. The van der Waals surface area contributed by atoms with E-state index < -0.39 is 5.97 Å². The average molecular weight is 318 g/mol. The molecular weight excluding hydrogens is 302 g/mol. The monoisotopic (exact) mass is 317 g/mol. The largest absolute Gasteiger partial charge is 0.481 e. The van der Waals surface area contributed by atoms with E-state index in [0.29, 0.717) is 6.04 Å². The molecule has 0 radical (unpaired) electrons. The summed E-state index contributed by atoms with van der Waals surface area (Å²) in [6.07, 6.45) is 2.37. The number of nitrogens with zero attached hydrogens (tertiary/aromatic N) is 1. The summed E-state index contributed by atoms with van der Waals surface area (Å²) in [7, 11) is 0. The van der Waals surface area contributed by atoms with E-state index in [-0.39, 0.29) is 12.5 Å². The lowest BCUT2D eigenvalue weighted by molar-refractivity contribution is -0.138. The maximum absolute atomic E-state index is 10.8. The van der Waals surface area contributed by atoms with Gasteiger partial charge in [0, 0.05) is 17.0 Å². The van der Waals surface area contributed by atoms with Crippen LogP contribution >= 0.6 is 27.3 Å². The number of carboxylic acids is 1. The molecule has 0 saturated carbocycles. The van der Waals surface area contributed by atoms with E-state index >= 15 is 0 Å². The van der Waals surface area contributed by atoms with E-state index in [1.165, 1.54) is 4.88 Å². The van der Waals surface area contributed by atoms with Gasteiger partial charge < -0.3 is 5.11 Å². The molecule has 2 unspecified atom stereocenters. The van der Waals surface area contributed by atoms with Crippen molar-refractivity contribution in [3.8, 4) is 0 Å². The fraction of sp³-hybridized carbons (Fsp3) is 0.583. The van der Waals surface area contributed by atoms with E-state index in [9.17, 15) is 4.79 Å². The Morgan fingerprint density at radius 2 is 2.47 bits per heavy atom. The number of carboxylic acid groups (broad SMARTS) is 1. The first kappa shape index (κ1) is 13.1. The number of rotatable bonds is 4. The second-order valence-corrected chi connectivity index (χ2v) is 6.94. The van der Waals surface area contributed by atoms with Gasteiger partial charge in [0.15, 0.2) is 0 Å². The number of carbonyl (C=O) groups is 1. The number of likely N-dealkylation sites (tertiary alicyclic amines) is 1. The highest BCUT2D eigenvalue weighted by Crippen LogP contribution is 2.35. The molecule has 94 valence electrons. The van der Waals surface area contributed by atoms with Crippen LogP contribution in [0.15, 0.2) is 15.9 Å². The van der Waals surface area contributed by atoms with Crippen LogP contribution < -0.4 is 0 Å². The van der Waals surface area contributed by atoms with Gasteiger partial charge in [-0.15, -0.1) is 11.3 Å². The molecule has 0 aromatic carbocycles. The van der Waals surface area contributed by atoms with Crippen LogP contribution in [0, 0.1) is 0 Å². The molecule has 1 N–H and O–H groups in total. The van der Waals surface area contributed by atoms with E-state index in [1.807, 2.05) is 0 Å². The summed E-state index contributed by atoms with van der Waals surface area (Å²) in [6, 6.07) is 4.69. The lowest BCUT2D eigenvalue weighted by atomic mass is 10.1. The number of hydrogen-bond acceptors (Lipinski definition) is 3. The molecule has 0 amide bonds. The average Bonchev–Trinajstić information content (AvgIpc) is 2.85. The maximum atomic E-state index is 10.8. The third kappa shape index (κ3) is 3.09. The topological polar surface area (TPSA) is 40.5 Å². The predicted molar refractivity (Wildman–Crippen MR) is 72.4 cm³/mol. The molecule has 3 nitrogen and oxygen atoms in total. The molecule has 1 aromatic heterocycles. The standard InChI is InChI=1S/C12H16BrNO2S/c1-8(10-4-5-11(13)17-10)14-6-2-3-9(14)7-12(15)16/h4-5,8-9H,2-3,6-7H2,1H3,(H,15,16). The summed E-state index contributed by atoms with van der Waals surface area (Å²) in [5.41, 5.74) is 0. The molecular formula is C12H16BrNO2S. The highest BCUT2D eigenvalue weighted by molar-refractivity contribution is 9.11. The second kappa shape index (κ2) is 5.50. The predicted octanol–water partition coefficient (Wildman–Crippen LogP) is 3.51. The van der Waals surface area contributed by atoms with Crippen LogP contribution in [0.5, 0.6) is 0 Å². The molecule has 2 atom stereocenters. The van der Waals surface area contributed by atoms with Crippen molar-refractivity contribution in [1.29, 1.82) is 0 Å². The molecule has 0 bridgehead atoms. The first-order valence-corrected chi connectivity index (χ1v) is 7.41. The molecule has 2 heterocycles. The highest BCUT2D eigenvalue weighted by atomic mass is 79.9. The van der Waals surface area contributed by atoms with Crippen molar-refractivity contribution in [2.45, 2.75) is 38.3 Å². The van der Waals surface area contributed by atoms with Crippen molar-refractivity contribution >= 4 is 33.2 Å². The summed E-state index contributed by atoms with van der Waals surface area (Å²) in [4.78, 5) is 14.5. The smallest absolute Gasteiger partial charge is 0.304 e. The Morgan fingerprint density at radius 1 is 1.71 bits per heavy atom. The van der Waals surface area contributed by atoms with Crippen molar-refractivity contribution in [3.05, 3.63) is 20.8 Å². The van der Waals surface area contributed by atoms with E-state index in [0.717, 1.165) is 23.2 Å². The van der Waals surface area contributed by atoms with Crippen LogP contribution in [0.1, 0.15) is 37.1 Å². The Kier molecular flexibility index (Phi) is 4.22. The molecule has 1 aliphatic heterocycles. The van der Waals surface area contributed by atoms with Gasteiger partial charge in [-0.05, 0) is 54.4 Å². The highest BCUT2D eigenvalue weighted by Gasteiger charge is 2.31. The molecule has 2 rings (SSSR count). The summed E-state index contributed by atoms with van der Waals surface area (Å²) in [6.45, 7) is 3.17. The molecule has 1 aromatic rings. The van der Waals surface area contributed by atoms with Gasteiger partial charge in [0.2, 0.25) is 0 Å². The van der Waals surface area contributed by atoms with Gasteiger partial charge in [-0.2, -0.15) is 0 Å². The van der Waals surface area contributed by atoms with Gasteiger partial charge in [0.05, 0.1) is 10.2 Å². The molecule has 0 aliphatic carbocycles. The number of halogens is 1. The molecule has 0 spiro atoms. The molecule has 5 heteroatoms. The van der Waals surface area contributed by atoms with Gasteiger partial charge >= 0.3 is 5.97 Å². The molecule has 1 aliphatic rings. The zero-order valence-corrected chi connectivity index (χ0v) is 12.1. The van der Waals surface area contributed by atoms with Crippen LogP contribution in [0.3, 0.4) is 0 Å². The van der Waals surface area contributed by atoms with Gasteiger partial charge in [0.25, 0.3) is 0 Å². The van der Waals surface area contributed by atoms with Gasteiger partial charge in [0.1, 0.15) is 0 Å². The Hall–Kier alpha value is -0.390. The van der Waals surface area contributed by atoms with Crippen molar-refractivity contribution in [2.24, 2.45) is 0 Å². The van der Waals surface area contributed by atoms with E-state index in [4.69, 9.17) is 5.11 Å². The Bertz CT molecular complexity index is 407. The zero-order chi connectivity index (χ0) is 12.4. The fourth-order valence-electron chi connectivity index (χ4n) is 2.50. The fourth-order valence-corrected chi connectivity index (χ4v) is 4.00. The van der Waals surface area contributed by atoms with Crippen LogP contribution in [0.2, 0.25) is 0 Å². The molecule has 1 fully saturated rings. The first-order chi connectivity index (χ1) is 8.08. The lowest BCUT2D eigenvalue weighted by Gasteiger charge is -2.29. The zero-order valence-electron chi connectivity index (χ0n) is 9.73. The summed E-state index contributed by atoms with van der Waals surface area (Å²) in [5, 5.41) is 8.92. The van der Waals surface area contributed by atoms with Crippen molar-refractivity contribution in [3.63, 3.8) is 0 Å². The Balaban J connectivity index is 2.07. The summed E-state index contributed by atoms with van der Waals surface area (Å²) in [5.74, 6) is -0.693. The Labute approximate surface area is 114 Å². The minimum absolute atomic E-state index is 0.198. The quantitative estimate of drug-likeness (QED) is 0.923. The van der Waals surface area contributed by atoms with Crippen LogP contribution in [0.4, 0.5) is 0 Å². The third-order valence-corrected chi connectivity index (χ3v) is 5.13. The number of thiophene rings is 1. The van der Waals surface area contributed by atoms with Gasteiger partial charge in [-0.1, -0.05) is 0 Å². The first-order valence-electron chi connectivity index (χ1n) is 5.80. The Morgan fingerprint density at radius 3 is 3.06 bits per heavy atom. The second-order valence-electron chi connectivity index (χ2n) is 4.45. The van der Waals surface area contributed by atoms with Crippen LogP contribution in [0.25, 0.3) is 0 Å². The summed E-state index contributed by atoms with van der Waals surface area (Å²) < 4.78 is 1.13.